The predicted molar refractivity (Wildman–Crippen MR) is 179 cm³/mol. The SMILES string of the molecule is c1ccc(-c2cccc(-c3ccc(-n4c5cccnc5c5nc6c7ccccc7n(-c7ccccc7)c6cc54)cc3)n2)cc1. The fourth-order valence-corrected chi connectivity index (χ4v) is 6.37. The van der Waals surface area contributed by atoms with Gasteiger partial charge in [-0.05, 0) is 60.7 Å². The molecule has 206 valence electrons. The quantitative estimate of drug-likeness (QED) is 0.214. The third kappa shape index (κ3) is 3.76. The van der Waals surface area contributed by atoms with Gasteiger partial charge in [-0.2, -0.15) is 0 Å². The lowest BCUT2D eigenvalue weighted by Gasteiger charge is -2.10. The van der Waals surface area contributed by atoms with E-state index in [1.165, 1.54) is 0 Å². The Morgan fingerprint density at radius 1 is 0.386 bits per heavy atom. The monoisotopic (exact) mass is 563 g/mol. The lowest BCUT2D eigenvalue weighted by molar-refractivity contribution is 1.16. The zero-order valence-corrected chi connectivity index (χ0v) is 23.7. The molecule has 0 saturated carbocycles. The van der Waals surface area contributed by atoms with E-state index in [4.69, 9.17) is 15.0 Å². The van der Waals surface area contributed by atoms with Crippen molar-refractivity contribution < 1.29 is 0 Å². The Bertz CT molecular complexity index is 2470. The average Bonchev–Trinajstić information content (AvgIpc) is 3.60. The first-order chi connectivity index (χ1) is 21.8. The van der Waals surface area contributed by atoms with Crippen molar-refractivity contribution in [1.82, 2.24) is 24.1 Å². The van der Waals surface area contributed by atoms with Gasteiger partial charge in [-0.25, -0.2) is 9.97 Å². The first-order valence-corrected chi connectivity index (χ1v) is 14.7. The summed E-state index contributed by atoms with van der Waals surface area (Å²) in [5.74, 6) is 0. The molecule has 0 aliphatic rings. The van der Waals surface area contributed by atoms with Crippen molar-refractivity contribution in [2.24, 2.45) is 0 Å². The van der Waals surface area contributed by atoms with Gasteiger partial charge < -0.3 is 9.13 Å². The van der Waals surface area contributed by atoms with E-state index >= 15 is 0 Å². The number of rotatable bonds is 4. The topological polar surface area (TPSA) is 48.5 Å². The summed E-state index contributed by atoms with van der Waals surface area (Å²) in [6.45, 7) is 0. The van der Waals surface area contributed by atoms with Gasteiger partial charge in [-0.15, -0.1) is 0 Å². The molecule has 0 fully saturated rings. The van der Waals surface area contributed by atoms with Gasteiger partial charge in [0.25, 0.3) is 0 Å². The molecule has 0 atom stereocenters. The van der Waals surface area contributed by atoms with E-state index in [2.05, 4.69) is 130 Å². The Morgan fingerprint density at radius 3 is 1.80 bits per heavy atom. The molecular formula is C39H25N5. The molecule has 0 amide bonds. The number of hydrogen-bond acceptors (Lipinski definition) is 3. The van der Waals surface area contributed by atoms with E-state index in [9.17, 15) is 0 Å². The van der Waals surface area contributed by atoms with Crippen LogP contribution in [-0.4, -0.2) is 24.1 Å². The highest BCUT2D eigenvalue weighted by Gasteiger charge is 2.20. The van der Waals surface area contributed by atoms with Crippen LogP contribution in [-0.2, 0) is 0 Å². The Hall–Kier alpha value is -6.07. The molecule has 5 aromatic heterocycles. The minimum atomic E-state index is 0.891. The molecule has 44 heavy (non-hydrogen) atoms. The zero-order chi connectivity index (χ0) is 29.0. The van der Waals surface area contributed by atoms with Crippen LogP contribution >= 0.6 is 0 Å². The van der Waals surface area contributed by atoms with Crippen LogP contribution in [0.3, 0.4) is 0 Å². The molecule has 5 heterocycles. The molecule has 0 aliphatic carbocycles. The smallest absolute Gasteiger partial charge is 0.116 e. The lowest BCUT2D eigenvalue weighted by atomic mass is 10.1. The second kappa shape index (κ2) is 9.75. The minimum absolute atomic E-state index is 0.891. The van der Waals surface area contributed by atoms with Gasteiger partial charge >= 0.3 is 0 Å². The summed E-state index contributed by atoms with van der Waals surface area (Å²) >= 11 is 0. The summed E-state index contributed by atoms with van der Waals surface area (Å²) in [6.07, 6.45) is 1.85. The van der Waals surface area contributed by atoms with Crippen LogP contribution in [0.2, 0.25) is 0 Å². The van der Waals surface area contributed by atoms with Crippen LogP contribution in [0.1, 0.15) is 0 Å². The third-order valence-electron chi connectivity index (χ3n) is 8.37. The summed E-state index contributed by atoms with van der Waals surface area (Å²) in [4.78, 5) is 15.1. The van der Waals surface area contributed by atoms with Crippen molar-refractivity contribution in [3.63, 3.8) is 0 Å². The van der Waals surface area contributed by atoms with Gasteiger partial charge in [0, 0.05) is 34.1 Å². The lowest BCUT2D eigenvalue weighted by Crippen LogP contribution is -1.96. The van der Waals surface area contributed by atoms with Crippen LogP contribution in [0.5, 0.6) is 0 Å². The third-order valence-corrected chi connectivity index (χ3v) is 8.37. The standard InChI is InChI=1S/C39H25N5/c1-3-11-26(12-4-1)31-16-9-17-32(41-31)27-20-22-29(23-21-27)44-34-19-10-24-40-38(34)39-36(44)25-35-37(42-39)30-15-7-8-18-33(30)43(35)28-13-5-2-6-14-28/h1-25H. The van der Waals surface area contributed by atoms with Crippen molar-refractivity contribution in [1.29, 1.82) is 0 Å². The van der Waals surface area contributed by atoms with Gasteiger partial charge in [0.1, 0.15) is 11.0 Å². The van der Waals surface area contributed by atoms with Gasteiger partial charge in [-0.3, -0.25) is 4.98 Å². The molecule has 0 radical (unpaired) electrons. The van der Waals surface area contributed by atoms with Crippen LogP contribution in [0, 0.1) is 0 Å². The number of benzene rings is 4. The molecule has 9 rings (SSSR count). The molecule has 5 nitrogen and oxygen atoms in total. The van der Waals surface area contributed by atoms with Crippen molar-refractivity contribution in [3.8, 4) is 33.9 Å². The Balaban J connectivity index is 1.25. The summed E-state index contributed by atoms with van der Waals surface area (Å²) in [7, 11) is 0. The fraction of sp³-hybridized carbons (Fsp3) is 0. The van der Waals surface area contributed by atoms with E-state index in [-0.39, 0.29) is 0 Å². The minimum Gasteiger partial charge on any atom is -0.308 e. The van der Waals surface area contributed by atoms with E-state index in [0.29, 0.717) is 0 Å². The summed E-state index contributed by atoms with van der Waals surface area (Å²) in [5.41, 5.74) is 13.2. The Kier molecular flexibility index (Phi) is 5.43. The molecule has 0 unspecified atom stereocenters. The Morgan fingerprint density at radius 2 is 1.00 bits per heavy atom. The van der Waals surface area contributed by atoms with Crippen molar-refractivity contribution in [3.05, 3.63) is 152 Å². The van der Waals surface area contributed by atoms with Crippen molar-refractivity contribution in [2.75, 3.05) is 0 Å². The number of aromatic nitrogens is 5. The fourth-order valence-electron chi connectivity index (χ4n) is 6.37. The second-order valence-electron chi connectivity index (χ2n) is 10.9. The van der Waals surface area contributed by atoms with Crippen molar-refractivity contribution in [2.45, 2.75) is 0 Å². The van der Waals surface area contributed by atoms with E-state index in [0.717, 1.165) is 77.9 Å². The van der Waals surface area contributed by atoms with Crippen LogP contribution in [0.4, 0.5) is 0 Å². The van der Waals surface area contributed by atoms with Crippen LogP contribution < -0.4 is 0 Å². The zero-order valence-electron chi connectivity index (χ0n) is 23.7. The van der Waals surface area contributed by atoms with E-state index in [1.54, 1.807) is 0 Å². The number of nitrogens with zero attached hydrogens (tertiary/aromatic N) is 5. The molecule has 4 aromatic carbocycles. The van der Waals surface area contributed by atoms with E-state index < -0.39 is 0 Å². The number of pyridine rings is 3. The molecular weight excluding hydrogens is 538 g/mol. The molecule has 0 saturated heterocycles. The van der Waals surface area contributed by atoms with Gasteiger partial charge in [0.2, 0.25) is 0 Å². The van der Waals surface area contributed by atoms with Gasteiger partial charge in [0.15, 0.2) is 0 Å². The molecule has 0 bridgehead atoms. The molecule has 9 aromatic rings. The highest BCUT2D eigenvalue weighted by Crippen LogP contribution is 2.37. The van der Waals surface area contributed by atoms with Crippen LogP contribution in [0.25, 0.3) is 77.9 Å². The summed E-state index contributed by atoms with van der Waals surface area (Å²) in [6, 6.07) is 50.5. The molecule has 0 aliphatic heterocycles. The molecule has 0 spiro atoms. The maximum Gasteiger partial charge on any atom is 0.116 e. The number of fused-ring (bicyclic) bond motifs is 6. The first-order valence-electron chi connectivity index (χ1n) is 14.7. The van der Waals surface area contributed by atoms with Crippen LogP contribution in [0.15, 0.2) is 152 Å². The predicted octanol–water partition coefficient (Wildman–Crippen LogP) is 9.40. The Labute approximate surface area is 253 Å². The largest absolute Gasteiger partial charge is 0.308 e. The maximum absolute atomic E-state index is 5.32. The maximum atomic E-state index is 5.32. The average molecular weight is 564 g/mol. The highest BCUT2D eigenvalue weighted by atomic mass is 15.0. The number of hydrogen-bond donors (Lipinski definition) is 0. The normalized spacial score (nSPS) is 11.6. The van der Waals surface area contributed by atoms with Gasteiger partial charge in [0.05, 0.1) is 39.0 Å². The highest BCUT2D eigenvalue weighted by molar-refractivity contribution is 6.14. The van der Waals surface area contributed by atoms with Crippen molar-refractivity contribution >= 4 is 44.0 Å². The molecule has 5 heteroatoms. The number of para-hydroxylation sites is 2. The first kappa shape index (κ1) is 24.5. The summed E-state index contributed by atoms with van der Waals surface area (Å²) < 4.78 is 4.58. The molecule has 0 N–H and O–H groups in total. The second-order valence-corrected chi connectivity index (χ2v) is 10.9. The summed E-state index contributed by atoms with van der Waals surface area (Å²) in [5, 5.41) is 1.12. The van der Waals surface area contributed by atoms with E-state index in [1.807, 2.05) is 30.5 Å². The van der Waals surface area contributed by atoms with Gasteiger partial charge in [-0.1, -0.05) is 84.9 Å².